The standard InChI is InChI=1S/C23H31N5O4/c1-32-20-9-7-17(15-25-20)19(14-21(29)30)28-13-12-27(23(28)31)11-3-5-18-8-6-16-4-2-10-24-22(16)26-18/h6-9,15,19-20,25H,2-5,10-14H2,1H3,(H,24,26)(H,29,30)/t19-,20?/m0/s1. The van der Waals surface area contributed by atoms with Gasteiger partial charge in [0.2, 0.25) is 0 Å². The number of ether oxygens (including phenoxy) is 1. The second-order valence-corrected chi connectivity index (χ2v) is 8.35. The van der Waals surface area contributed by atoms with E-state index in [9.17, 15) is 14.7 Å². The number of aryl methyl sites for hydroxylation is 2. The lowest BCUT2D eigenvalue weighted by Crippen LogP contribution is -2.43. The molecule has 1 aromatic rings. The number of hydrogen-bond acceptors (Lipinski definition) is 6. The second-order valence-electron chi connectivity index (χ2n) is 8.35. The van der Waals surface area contributed by atoms with Crippen LogP contribution in [0.1, 0.15) is 30.5 Å². The van der Waals surface area contributed by atoms with Crippen LogP contribution in [-0.2, 0) is 22.4 Å². The fraction of sp³-hybridized carbons (Fsp3) is 0.522. The number of carbonyl (C=O) groups is 2. The SMILES string of the molecule is COC1C=CC([C@H](CC(=O)O)N2CCN(CCCc3ccc4c(n3)NCCC4)C2=O)=CN1. The van der Waals surface area contributed by atoms with Gasteiger partial charge in [0.15, 0.2) is 0 Å². The Bertz CT molecular complexity index is 916. The van der Waals surface area contributed by atoms with Crippen LogP contribution < -0.4 is 10.6 Å². The number of urea groups is 1. The smallest absolute Gasteiger partial charge is 0.320 e. The van der Waals surface area contributed by atoms with Crippen LogP contribution in [0.15, 0.2) is 36.1 Å². The zero-order valence-corrected chi connectivity index (χ0v) is 18.4. The average Bonchev–Trinajstić information content (AvgIpc) is 3.17. The number of pyridine rings is 1. The lowest BCUT2D eigenvalue weighted by atomic mass is 10.0. The lowest BCUT2D eigenvalue weighted by molar-refractivity contribution is -0.137. The normalized spacial score (nSPS) is 21.0. The van der Waals surface area contributed by atoms with Gasteiger partial charge in [0.05, 0.1) is 12.5 Å². The highest BCUT2D eigenvalue weighted by atomic mass is 16.5. The summed E-state index contributed by atoms with van der Waals surface area (Å²) in [4.78, 5) is 32.8. The van der Waals surface area contributed by atoms with Gasteiger partial charge in [0.1, 0.15) is 12.0 Å². The van der Waals surface area contributed by atoms with Crippen LogP contribution in [-0.4, -0.2) is 77.4 Å². The molecular formula is C23H31N5O4. The number of anilines is 1. The number of fused-ring (bicyclic) bond motifs is 1. The average molecular weight is 442 g/mol. The number of carbonyl (C=O) groups excluding carboxylic acids is 1. The van der Waals surface area contributed by atoms with E-state index in [-0.39, 0.29) is 18.7 Å². The quantitative estimate of drug-likeness (QED) is 0.538. The minimum Gasteiger partial charge on any atom is -0.481 e. The first-order chi connectivity index (χ1) is 15.5. The highest BCUT2D eigenvalue weighted by Gasteiger charge is 2.36. The number of nitrogens with one attached hydrogen (secondary N) is 2. The van der Waals surface area contributed by atoms with Gasteiger partial charge in [-0.3, -0.25) is 4.79 Å². The summed E-state index contributed by atoms with van der Waals surface area (Å²) in [6, 6.07) is 3.60. The van der Waals surface area contributed by atoms with Crippen LogP contribution in [0.2, 0.25) is 0 Å². The molecule has 0 aromatic carbocycles. The number of carboxylic acids is 1. The maximum Gasteiger partial charge on any atom is 0.320 e. The van der Waals surface area contributed by atoms with Crippen molar-refractivity contribution in [3.05, 3.63) is 47.3 Å². The Labute approximate surface area is 188 Å². The van der Waals surface area contributed by atoms with Crippen molar-refractivity contribution in [2.45, 2.75) is 44.4 Å². The highest BCUT2D eigenvalue weighted by molar-refractivity contribution is 5.79. The molecule has 0 aliphatic carbocycles. The maximum absolute atomic E-state index is 13.1. The monoisotopic (exact) mass is 441 g/mol. The summed E-state index contributed by atoms with van der Waals surface area (Å²) in [5.74, 6) is 0.0586. The first-order valence-electron chi connectivity index (χ1n) is 11.2. The van der Waals surface area contributed by atoms with Crippen molar-refractivity contribution in [3.8, 4) is 0 Å². The third kappa shape index (κ3) is 5.04. The number of carboxylic acid groups (broad SMARTS) is 1. The molecule has 0 radical (unpaired) electrons. The summed E-state index contributed by atoms with van der Waals surface area (Å²) in [6.45, 7) is 2.70. The van der Waals surface area contributed by atoms with E-state index in [1.54, 1.807) is 18.2 Å². The van der Waals surface area contributed by atoms with Crippen LogP contribution in [0.3, 0.4) is 0 Å². The molecule has 172 valence electrons. The van der Waals surface area contributed by atoms with Gasteiger partial charge in [0, 0.05) is 45.2 Å². The molecule has 9 heteroatoms. The molecule has 1 aromatic heterocycles. The van der Waals surface area contributed by atoms with E-state index in [0.717, 1.165) is 49.3 Å². The van der Waals surface area contributed by atoms with Crippen LogP contribution in [0.4, 0.5) is 10.6 Å². The molecule has 9 nitrogen and oxygen atoms in total. The number of methoxy groups -OCH3 is 1. The molecular weight excluding hydrogens is 410 g/mol. The van der Waals surface area contributed by atoms with Gasteiger partial charge < -0.3 is 30.3 Å². The molecule has 1 unspecified atom stereocenters. The molecule has 32 heavy (non-hydrogen) atoms. The first-order valence-corrected chi connectivity index (χ1v) is 11.2. The molecule has 3 aliphatic heterocycles. The number of aromatic nitrogens is 1. The van der Waals surface area contributed by atoms with Crippen LogP contribution in [0.5, 0.6) is 0 Å². The molecule has 3 aliphatic rings. The van der Waals surface area contributed by atoms with Gasteiger partial charge in [-0.15, -0.1) is 0 Å². The number of rotatable bonds is 9. The Hall–Kier alpha value is -3.07. The predicted octanol–water partition coefficient (Wildman–Crippen LogP) is 1.97. The zero-order valence-electron chi connectivity index (χ0n) is 18.4. The van der Waals surface area contributed by atoms with Crippen LogP contribution in [0.25, 0.3) is 0 Å². The van der Waals surface area contributed by atoms with Crippen molar-refractivity contribution in [1.82, 2.24) is 20.1 Å². The predicted molar refractivity (Wildman–Crippen MR) is 120 cm³/mol. The highest BCUT2D eigenvalue weighted by Crippen LogP contribution is 2.24. The number of nitrogens with zero attached hydrogens (tertiary/aromatic N) is 3. The number of aliphatic carboxylic acids is 1. The van der Waals surface area contributed by atoms with E-state index in [1.807, 2.05) is 17.1 Å². The molecule has 4 rings (SSSR count). The second kappa shape index (κ2) is 10.0. The van der Waals surface area contributed by atoms with E-state index < -0.39 is 12.0 Å². The van der Waals surface area contributed by atoms with Crippen molar-refractivity contribution >= 4 is 17.8 Å². The molecule has 0 spiro atoms. The molecule has 1 fully saturated rings. The third-order valence-electron chi connectivity index (χ3n) is 6.20. The number of dihydropyridines is 1. The lowest BCUT2D eigenvalue weighted by Gasteiger charge is -2.30. The van der Waals surface area contributed by atoms with E-state index in [1.165, 1.54) is 5.56 Å². The summed E-state index contributed by atoms with van der Waals surface area (Å²) in [5.41, 5.74) is 3.07. The molecule has 0 bridgehead atoms. The van der Waals surface area contributed by atoms with Crippen LogP contribution >= 0.6 is 0 Å². The summed E-state index contributed by atoms with van der Waals surface area (Å²) in [6.07, 6.45) is 8.84. The molecule has 2 amide bonds. The molecule has 2 atom stereocenters. The summed E-state index contributed by atoms with van der Waals surface area (Å²) < 4.78 is 5.22. The zero-order chi connectivity index (χ0) is 22.5. The molecule has 3 N–H and O–H groups in total. The molecule has 0 saturated carbocycles. The van der Waals surface area contributed by atoms with Gasteiger partial charge in [-0.25, -0.2) is 9.78 Å². The van der Waals surface area contributed by atoms with E-state index in [2.05, 4.69) is 22.8 Å². The minimum absolute atomic E-state index is 0.112. The van der Waals surface area contributed by atoms with Crippen molar-refractivity contribution < 1.29 is 19.4 Å². The Balaban J connectivity index is 1.34. The Kier molecular flexibility index (Phi) is 6.94. The van der Waals surface area contributed by atoms with Crippen molar-refractivity contribution in [1.29, 1.82) is 0 Å². The van der Waals surface area contributed by atoms with Crippen LogP contribution in [0, 0.1) is 0 Å². The topological polar surface area (TPSA) is 107 Å². The number of hydrogen-bond donors (Lipinski definition) is 3. The van der Waals surface area contributed by atoms with Gasteiger partial charge >= 0.3 is 12.0 Å². The summed E-state index contributed by atoms with van der Waals surface area (Å²) >= 11 is 0. The van der Waals surface area contributed by atoms with Gasteiger partial charge in [0.25, 0.3) is 0 Å². The van der Waals surface area contributed by atoms with Crippen molar-refractivity contribution in [2.75, 3.05) is 38.6 Å². The fourth-order valence-electron chi connectivity index (χ4n) is 4.46. The summed E-state index contributed by atoms with van der Waals surface area (Å²) in [7, 11) is 1.59. The molecule has 4 heterocycles. The molecule has 1 saturated heterocycles. The third-order valence-corrected chi connectivity index (χ3v) is 6.20. The Morgan fingerprint density at radius 2 is 2.25 bits per heavy atom. The van der Waals surface area contributed by atoms with Gasteiger partial charge in [-0.2, -0.15) is 0 Å². The maximum atomic E-state index is 13.1. The first kappa shape index (κ1) is 22.1. The van der Waals surface area contributed by atoms with Gasteiger partial charge in [-0.1, -0.05) is 12.1 Å². The van der Waals surface area contributed by atoms with E-state index >= 15 is 0 Å². The Morgan fingerprint density at radius 1 is 1.38 bits per heavy atom. The summed E-state index contributed by atoms with van der Waals surface area (Å²) in [5, 5.41) is 15.8. The van der Waals surface area contributed by atoms with Crippen molar-refractivity contribution in [2.24, 2.45) is 0 Å². The fourth-order valence-corrected chi connectivity index (χ4v) is 4.46. The van der Waals surface area contributed by atoms with Gasteiger partial charge in [-0.05, 0) is 49.0 Å². The van der Waals surface area contributed by atoms with Crippen molar-refractivity contribution in [3.63, 3.8) is 0 Å². The van der Waals surface area contributed by atoms with E-state index in [4.69, 9.17) is 9.72 Å². The largest absolute Gasteiger partial charge is 0.481 e. The number of amides is 2. The minimum atomic E-state index is -0.934. The van der Waals surface area contributed by atoms with E-state index in [0.29, 0.717) is 19.6 Å². The Morgan fingerprint density at radius 3 is 3.00 bits per heavy atom.